The van der Waals surface area contributed by atoms with Gasteiger partial charge in [-0.15, -0.1) is 0 Å². The number of ether oxygens (including phenoxy) is 1. The molecule has 1 aromatic carbocycles. The van der Waals surface area contributed by atoms with E-state index in [0.29, 0.717) is 23.7 Å². The molecule has 1 atom stereocenters. The zero-order valence-corrected chi connectivity index (χ0v) is 15.2. The quantitative estimate of drug-likeness (QED) is 0.789. The van der Waals surface area contributed by atoms with Gasteiger partial charge in [-0.25, -0.2) is 9.37 Å². The number of benzene rings is 1. The average Bonchev–Trinajstić information content (AvgIpc) is 2.53. The number of nitrogens with zero attached hydrogens (tertiary/aromatic N) is 3. The Labute approximate surface area is 152 Å². The van der Waals surface area contributed by atoms with Crippen molar-refractivity contribution < 1.29 is 14.2 Å². The zero-order valence-electron chi connectivity index (χ0n) is 15.2. The normalized spacial score (nSPS) is 15.7. The van der Waals surface area contributed by atoms with Gasteiger partial charge >= 0.3 is 0 Å². The Kier molecular flexibility index (Phi) is 5.68. The van der Waals surface area contributed by atoms with Crippen molar-refractivity contribution >= 4 is 5.82 Å². The molecule has 1 heterocycles. The van der Waals surface area contributed by atoms with Crippen LogP contribution in [0.4, 0.5) is 10.2 Å². The number of aromatic nitrogens is 2. The van der Waals surface area contributed by atoms with E-state index < -0.39 is 11.9 Å². The Hall–Kier alpha value is -2.25. The summed E-state index contributed by atoms with van der Waals surface area (Å²) in [5.41, 5.74) is 7.13. The second kappa shape index (κ2) is 7.97. The minimum atomic E-state index is -0.696. The highest BCUT2D eigenvalue weighted by Gasteiger charge is 2.27. The van der Waals surface area contributed by atoms with Gasteiger partial charge in [0.25, 0.3) is 0 Å². The number of hydrogen-bond acceptors (Lipinski definition) is 6. The zero-order chi connectivity index (χ0) is 18.7. The van der Waals surface area contributed by atoms with Gasteiger partial charge < -0.3 is 20.5 Å². The molecule has 2 aromatic rings. The molecule has 3 rings (SSSR count). The molecule has 0 bridgehead atoms. The van der Waals surface area contributed by atoms with Crippen molar-refractivity contribution in [1.29, 1.82) is 0 Å². The van der Waals surface area contributed by atoms with Gasteiger partial charge in [-0.1, -0.05) is 12.5 Å². The Morgan fingerprint density at radius 3 is 2.65 bits per heavy atom. The molecule has 1 aliphatic rings. The molecule has 1 unspecified atom stereocenters. The molecule has 1 saturated carbocycles. The predicted octanol–water partition coefficient (Wildman–Crippen LogP) is 2.43. The van der Waals surface area contributed by atoms with E-state index >= 15 is 4.39 Å². The highest BCUT2D eigenvalue weighted by Crippen LogP contribution is 2.43. The van der Waals surface area contributed by atoms with Crippen LogP contribution < -0.4 is 10.5 Å². The van der Waals surface area contributed by atoms with E-state index in [4.69, 9.17) is 10.5 Å². The number of rotatable bonds is 7. The summed E-state index contributed by atoms with van der Waals surface area (Å²) in [5.74, 6) is 0.328. The summed E-state index contributed by atoms with van der Waals surface area (Å²) in [4.78, 5) is 9.99. The van der Waals surface area contributed by atoms with Gasteiger partial charge in [0.05, 0.1) is 18.1 Å². The van der Waals surface area contributed by atoms with Crippen molar-refractivity contribution in [2.45, 2.75) is 31.3 Å². The van der Waals surface area contributed by atoms with Gasteiger partial charge in [-0.05, 0) is 38.9 Å². The number of anilines is 1. The third kappa shape index (κ3) is 4.11. The number of likely N-dealkylation sites (N-methyl/N-ethyl adjacent to an activating group) is 1. The highest BCUT2D eigenvalue weighted by atomic mass is 19.1. The first-order valence-electron chi connectivity index (χ1n) is 8.81. The lowest BCUT2D eigenvalue weighted by molar-refractivity contribution is 0.0805. The molecule has 7 heteroatoms. The molecule has 140 valence electrons. The standard InChI is InChI=1S/C19H25FN4O2/c1-24(2)10-13(25)11-26-19-14(12-4-3-5-12)6-7-15(18(19)20)16-8-23-17(21)9-22-16/h6-9,12-13,25H,3-5,10-11H2,1-2H3,(H2,21,23). The molecule has 1 fully saturated rings. The SMILES string of the molecule is CN(C)CC(O)COc1c(C2CCC2)ccc(-c2cnc(N)cn2)c1F. The van der Waals surface area contributed by atoms with E-state index in [-0.39, 0.29) is 18.2 Å². The minimum Gasteiger partial charge on any atom is -0.487 e. The summed E-state index contributed by atoms with van der Waals surface area (Å²) >= 11 is 0. The monoisotopic (exact) mass is 360 g/mol. The fourth-order valence-corrected chi connectivity index (χ4v) is 3.09. The molecular formula is C19H25FN4O2. The summed E-state index contributed by atoms with van der Waals surface area (Å²) in [5, 5.41) is 10.1. The molecular weight excluding hydrogens is 335 g/mol. The first kappa shape index (κ1) is 18.5. The van der Waals surface area contributed by atoms with Gasteiger partial charge in [0.15, 0.2) is 11.6 Å². The Bertz CT molecular complexity index is 748. The van der Waals surface area contributed by atoms with Crippen molar-refractivity contribution in [2.24, 2.45) is 0 Å². The van der Waals surface area contributed by atoms with Gasteiger partial charge in [0.1, 0.15) is 18.5 Å². The van der Waals surface area contributed by atoms with Crippen molar-refractivity contribution in [3.63, 3.8) is 0 Å². The molecule has 1 aliphatic carbocycles. The minimum absolute atomic E-state index is 0.0334. The number of nitrogens with two attached hydrogens (primary N) is 1. The largest absolute Gasteiger partial charge is 0.487 e. The number of halogens is 1. The molecule has 26 heavy (non-hydrogen) atoms. The second-order valence-corrected chi connectivity index (χ2v) is 7.03. The second-order valence-electron chi connectivity index (χ2n) is 7.03. The maximum Gasteiger partial charge on any atom is 0.174 e. The molecule has 0 amide bonds. The molecule has 0 saturated heterocycles. The molecule has 0 aliphatic heterocycles. The van der Waals surface area contributed by atoms with Crippen LogP contribution in [-0.2, 0) is 0 Å². The fraction of sp³-hybridized carbons (Fsp3) is 0.474. The summed E-state index contributed by atoms with van der Waals surface area (Å²) in [6.07, 6.45) is 5.34. The van der Waals surface area contributed by atoms with E-state index in [2.05, 4.69) is 9.97 Å². The van der Waals surface area contributed by atoms with Crippen molar-refractivity contribution in [3.05, 3.63) is 35.9 Å². The number of nitrogen functional groups attached to an aromatic ring is 1. The van der Waals surface area contributed by atoms with Crippen LogP contribution in [0.5, 0.6) is 5.75 Å². The lowest BCUT2D eigenvalue weighted by atomic mass is 9.79. The summed E-state index contributed by atoms with van der Waals surface area (Å²) in [7, 11) is 3.73. The summed E-state index contributed by atoms with van der Waals surface area (Å²) in [6, 6.07) is 3.61. The van der Waals surface area contributed by atoms with Crippen LogP contribution in [-0.4, -0.2) is 53.3 Å². The van der Waals surface area contributed by atoms with Crippen LogP contribution in [0.3, 0.4) is 0 Å². The van der Waals surface area contributed by atoms with Crippen molar-refractivity contribution in [2.75, 3.05) is 33.0 Å². The molecule has 6 nitrogen and oxygen atoms in total. The van der Waals surface area contributed by atoms with E-state index in [1.807, 2.05) is 25.1 Å². The Balaban J connectivity index is 1.90. The van der Waals surface area contributed by atoms with Gasteiger partial charge in [0, 0.05) is 17.7 Å². The van der Waals surface area contributed by atoms with E-state index in [9.17, 15) is 5.11 Å². The smallest absolute Gasteiger partial charge is 0.174 e. The third-order valence-corrected chi connectivity index (χ3v) is 4.62. The van der Waals surface area contributed by atoms with Crippen molar-refractivity contribution in [3.8, 4) is 17.0 Å². The Morgan fingerprint density at radius 2 is 2.08 bits per heavy atom. The van der Waals surface area contributed by atoms with Crippen LogP contribution >= 0.6 is 0 Å². The third-order valence-electron chi connectivity index (χ3n) is 4.62. The molecule has 3 N–H and O–H groups in total. The van der Waals surface area contributed by atoms with Crippen LogP contribution in [0, 0.1) is 5.82 Å². The van der Waals surface area contributed by atoms with E-state index in [0.717, 1.165) is 24.8 Å². The van der Waals surface area contributed by atoms with Gasteiger partial charge in [-0.3, -0.25) is 4.98 Å². The molecule has 0 spiro atoms. The highest BCUT2D eigenvalue weighted by molar-refractivity contribution is 5.64. The Morgan fingerprint density at radius 1 is 1.31 bits per heavy atom. The average molecular weight is 360 g/mol. The van der Waals surface area contributed by atoms with E-state index in [1.54, 1.807) is 6.07 Å². The molecule has 1 aromatic heterocycles. The maximum absolute atomic E-state index is 15.2. The lowest BCUT2D eigenvalue weighted by Gasteiger charge is -2.28. The van der Waals surface area contributed by atoms with Gasteiger partial charge in [-0.2, -0.15) is 0 Å². The first-order valence-corrected chi connectivity index (χ1v) is 8.81. The summed E-state index contributed by atoms with van der Waals surface area (Å²) < 4.78 is 21.0. The first-order chi connectivity index (χ1) is 12.5. The number of hydrogen-bond donors (Lipinski definition) is 2. The van der Waals surface area contributed by atoms with Crippen LogP contribution in [0.15, 0.2) is 24.5 Å². The van der Waals surface area contributed by atoms with Crippen LogP contribution in [0.1, 0.15) is 30.7 Å². The van der Waals surface area contributed by atoms with Crippen LogP contribution in [0.2, 0.25) is 0 Å². The maximum atomic E-state index is 15.2. The summed E-state index contributed by atoms with van der Waals surface area (Å²) in [6.45, 7) is 0.481. The molecule has 0 radical (unpaired) electrons. The fourth-order valence-electron chi connectivity index (χ4n) is 3.09. The topological polar surface area (TPSA) is 84.5 Å². The van der Waals surface area contributed by atoms with Crippen molar-refractivity contribution in [1.82, 2.24) is 14.9 Å². The van der Waals surface area contributed by atoms with Gasteiger partial charge in [0.2, 0.25) is 0 Å². The van der Waals surface area contributed by atoms with Crippen LogP contribution in [0.25, 0.3) is 11.3 Å². The lowest BCUT2D eigenvalue weighted by Crippen LogP contribution is -2.31. The number of aliphatic hydroxyl groups is 1. The number of aliphatic hydroxyl groups excluding tert-OH is 1. The van der Waals surface area contributed by atoms with E-state index in [1.165, 1.54) is 12.4 Å². The predicted molar refractivity (Wildman–Crippen MR) is 98.5 cm³/mol.